The molecule has 1 fully saturated rings. The zero-order valence-electron chi connectivity index (χ0n) is 24.1. The molecule has 1 saturated heterocycles. The second-order valence-corrected chi connectivity index (χ2v) is 10.8. The lowest BCUT2D eigenvalue weighted by molar-refractivity contribution is -0.144. The Hall–Kier alpha value is -4.61. The van der Waals surface area contributed by atoms with Gasteiger partial charge in [-0.2, -0.15) is 5.10 Å². The number of anilines is 1. The molecule has 0 aliphatic carbocycles. The zero-order chi connectivity index (χ0) is 30.2. The average Bonchev–Trinajstić information content (AvgIpc) is 3.78. The molecule has 2 amide bonds. The highest BCUT2D eigenvalue weighted by molar-refractivity contribution is 6.00. The third-order valence-electron chi connectivity index (χ3n) is 7.61. The van der Waals surface area contributed by atoms with Crippen LogP contribution in [0.2, 0.25) is 0 Å². The second kappa shape index (κ2) is 14.0. The Morgan fingerprint density at radius 1 is 1.14 bits per heavy atom. The van der Waals surface area contributed by atoms with E-state index in [-0.39, 0.29) is 36.7 Å². The number of hydrogen-bond donors (Lipinski definition) is 1. The fourth-order valence-electron chi connectivity index (χ4n) is 5.34. The van der Waals surface area contributed by atoms with Crippen molar-refractivity contribution in [1.82, 2.24) is 20.1 Å². The van der Waals surface area contributed by atoms with Gasteiger partial charge in [0.1, 0.15) is 5.82 Å². The van der Waals surface area contributed by atoms with Crippen molar-refractivity contribution in [2.24, 2.45) is 16.8 Å². The molecule has 2 atom stereocenters. The summed E-state index contributed by atoms with van der Waals surface area (Å²) in [5.41, 5.74) is 3.11. The minimum absolute atomic E-state index is 0.0225. The van der Waals surface area contributed by atoms with E-state index < -0.39 is 11.9 Å². The van der Waals surface area contributed by atoms with Crippen LogP contribution in [0.15, 0.2) is 60.0 Å². The van der Waals surface area contributed by atoms with Gasteiger partial charge in [0.15, 0.2) is 0 Å². The number of carbonyl (C=O) groups is 3. The Bertz CT molecular complexity index is 1460. The molecule has 1 aromatic carbocycles. The molecule has 3 aromatic rings. The van der Waals surface area contributed by atoms with Crippen LogP contribution in [-0.2, 0) is 25.6 Å². The number of pyridine rings is 1. The molecule has 12 heteroatoms. The first-order valence-electron chi connectivity index (χ1n) is 14.4. The molecule has 0 unspecified atom stereocenters. The first kappa shape index (κ1) is 29.9. The maximum absolute atomic E-state index is 15.2. The van der Waals surface area contributed by atoms with E-state index in [9.17, 15) is 14.4 Å². The third kappa shape index (κ3) is 7.82. The van der Waals surface area contributed by atoms with Gasteiger partial charge in [0.2, 0.25) is 5.91 Å². The van der Waals surface area contributed by atoms with Crippen molar-refractivity contribution in [2.75, 3.05) is 38.3 Å². The van der Waals surface area contributed by atoms with E-state index in [1.165, 1.54) is 13.2 Å². The van der Waals surface area contributed by atoms with Crippen LogP contribution in [0.25, 0.3) is 11.1 Å². The normalized spacial score (nSPS) is 18.0. The third-order valence-corrected chi connectivity index (χ3v) is 7.61. The number of carbonyl (C=O) groups excluding carboxylic acids is 3. The molecule has 5 rings (SSSR count). The summed E-state index contributed by atoms with van der Waals surface area (Å²) in [6.45, 7) is 2.43. The topological polar surface area (TPSA) is 128 Å². The smallest absolute Gasteiger partial charge is 0.406 e. The van der Waals surface area contributed by atoms with Crippen LogP contribution < -0.4 is 10.2 Å². The van der Waals surface area contributed by atoms with Gasteiger partial charge in [0.05, 0.1) is 25.1 Å². The summed E-state index contributed by atoms with van der Waals surface area (Å²) < 4.78 is 26.9. The summed E-state index contributed by atoms with van der Waals surface area (Å²) in [6, 6.07) is 10.3. The van der Waals surface area contributed by atoms with Crippen molar-refractivity contribution >= 4 is 29.4 Å². The summed E-state index contributed by atoms with van der Waals surface area (Å²) in [5, 5.41) is 6.79. The summed E-state index contributed by atoms with van der Waals surface area (Å²) >= 11 is 0. The molecule has 2 aliphatic rings. The average molecular weight is 591 g/mol. The van der Waals surface area contributed by atoms with E-state index in [4.69, 9.17) is 4.74 Å². The van der Waals surface area contributed by atoms with Crippen molar-refractivity contribution in [1.29, 1.82) is 0 Å². The minimum atomic E-state index is -0.488. The van der Waals surface area contributed by atoms with Gasteiger partial charge >= 0.3 is 12.1 Å². The summed E-state index contributed by atoms with van der Waals surface area (Å²) in [4.78, 5) is 46.5. The number of unbranched alkanes of at least 4 members (excludes halogenated alkanes) is 1. The number of benzene rings is 1. The van der Waals surface area contributed by atoms with Crippen molar-refractivity contribution in [3.05, 3.63) is 66.5 Å². The Balaban J connectivity index is 1.09. The Kier molecular flexibility index (Phi) is 9.75. The van der Waals surface area contributed by atoms with Gasteiger partial charge in [-0.3, -0.25) is 24.2 Å². The number of methoxy groups -OCH3 is 1. The monoisotopic (exact) mass is 590 g/mol. The molecule has 226 valence electrons. The maximum atomic E-state index is 15.2. The lowest BCUT2D eigenvalue weighted by Gasteiger charge is -2.18. The van der Waals surface area contributed by atoms with Crippen LogP contribution in [0, 0.1) is 17.7 Å². The van der Waals surface area contributed by atoms with Crippen molar-refractivity contribution in [3.8, 4) is 11.1 Å². The zero-order valence-corrected chi connectivity index (χ0v) is 24.1. The van der Waals surface area contributed by atoms with Gasteiger partial charge in [0, 0.05) is 86.3 Å². The molecule has 4 heterocycles. The van der Waals surface area contributed by atoms with Gasteiger partial charge in [-0.15, -0.1) is 0 Å². The van der Waals surface area contributed by atoms with E-state index in [0.717, 1.165) is 5.71 Å². The first-order valence-corrected chi connectivity index (χ1v) is 14.4. The van der Waals surface area contributed by atoms with Crippen LogP contribution in [0.1, 0.15) is 37.8 Å². The number of halogens is 1. The fourth-order valence-corrected chi connectivity index (χ4v) is 5.34. The molecule has 2 aromatic heterocycles. The lowest BCUT2D eigenvalue weighted by Crippen LogP contribution is -2.25. The number of aliphatic imine (C=N–C) groups is 1. The molecule has 2 aliphatic heterocycles. The van der Waals surface area contributed by atoms with Crippen LogP contribution >= 0.6 is 0 Å². The Morgan fingerprint density at radius 3 is 2.77 bits per heavy atom. The summed E-state index contributed by atoms with van der Waals surface area (Å²) in [7, 11) is 1.30. The van der Waals surface area contributed by atoms with Gasteiger partial charge < -0.3 is 19.7 Å². The predicted molar refractivity (Wildman–Crippen MR) is 157 cm³/mol. The minimum Gasteiger partial charge on any atom is -0.465 e. The van der Waals surface area contributed by atoms with Gasteiger partial charge in [0.25, 0.3) is 0 Å². The Morgan fingerprint density at radius 2 is 2.02 bits per heavy atom. The Labute approximate surface area is 249 Å². The second-order valence-electron chi connectivity index (χ2n) is 10.8. The number of nitrogens with one attached hydrogen (secondary N) is 1. The predicted octanol–water partition coefficient (Wildman–Crippen LogP) is 4.02. The highest BCUT2D eigenvalue weighted by atomic mass is 19.1. The SMILES string of the molecule is COC(=O)NCCCCC(=O)OC[C@H]1CN=C(c2ccc(-c3ccc(N4C[C@H](Cn5cccn5)CC4=O)cc3F)cn2)C1. The number of hydrogen-bond acceptors (Lipinski definition) is 8. The van der Waals surface area contributed by atoms with Crippen LogP contribution in [0.3, 0.4) is 0 Å². The number of amides is 2. The van der Waals surface area contributed by atoms with Crippen LogP contribution in [0.4, 0.5) is 14.9 Å². The summed E-state index contributed by atoms with van der Waals surface area (Å²) in [6.07, 6.45) is 7.30. The highest BCUT2D eigenvalue weighted by Gasteiger charge is 2.31. The molecule has 11 nitrogen and oxygen atoms in total. The molecular formula is C31H35FN6O5. The molecule has 0 spiro atoms. The fraction of sp³-hybridized carbons (Fsp3) is 0.419. The van der Waals surface area contributed by atoms with E-state index >= 15 is 4.39 Å². The molecule has 0 bridgehead atoms. The number of ether oxygens (including phenoxy) is 2. The van der Waals surface area contributed by atoms with E-state index in [2.05, 4.69) is 25.1 Å². The number of alkyl carbamates (subject to hydrolysis) is 1. The first-order chi connectivity index (χ1) is 20.9. The number of rotatable bonds is 12. The number of nitrogens with zero attached hydrogens (tertiary/aromatic N) is 5. The van der Waals surface area contributed by atoms with Crippen LogP contribution in [0.5, 0.6) is 0 Å². The van der Waals surface area contributed by atoms with E-state index in [1.54, 1.807) is 29.4 Å². The quantitative estimate of drug-likeness (QED) is 0.249. The van der Waals surface area contributed by atoms with E-state index in [1.807, 2.05) is 29.1 Å². The van der Waals surface area contributed by atoms with Gasteiger partial charge in [-0.1, -0.05) is 6.07 Å². The standard InChI is InChI=1S/C31H35FN6O5/c1-42-31(41)33-10-3-2-5-30(40)43-20-21-13-28(34-16-21)27-9-6-23(17-35-27)25-8-7-24(15-26(25)32)38-19-22(14-29(38)39)18-37-12-4-11-36-37/h4,6-9,11-12,15,17,21-22H,2-3,5,10,13-14,16,18-20H2,1H3,(H,33,41)/t21-,22+/m1/s1. The molecule has 0 saturated carbocycles. The highest BCUT2D eigenvalue weighted by Crippen LogP contribution is 2.31. The number of esters is 1. The maximum Gasteiger partial charge on any atom is 0.406 e. The molecular weight excluding hydrogens is 555 g/mol. The lowest BCUT2D eigenvalue weighted by atomic mass is 10.0. The summed E-state index contributed by atoms with van der Waals surface area (Å²) in [5.74, 6) is -0.518. The molecule has 43 heavy (non-hydrogen) atoms. The van der Waals surface area contributed by atoms with Crippen molar-refractivity contribution in [2.45, 2.75) is 38.6 Å². The molecule has 1 N–H and O–H groups in total. The van der Waals surface area contributed by atoms with E-state index in [0.29, 0.717) is 74.4 Å². The largest absolute Gasteiger partial charge is 0.465 e. The van der Waals surface area contributed by atoms with Crippen molar-refractivity contribution in [3.63, 3.8) is 0 Å². The van der Waals surface area contributed by atoms with Crippen LogP contribution in [-0.4, -0.2) is 71.8 Å². The van der Waals surface area contributed by atoms with Gasteiger partial charge in [-0.25, -0.2) is 9.18 Å². The van der Waals surface area contributed by atoms with Gasteiger partial charge in [-0.05, 0) is 49.6 Å². The molecule has 0 radical (unpaired) electrons. The number of aromatic nitrogens is 3. The van der Waals surface area contributed by atoms with Crippen molar-refractivity contribution < 1.29 is 28.2 Å².